The van der Waals surface area contributed by atoms with Crippen LogP contribution in [0.25, 0.3) is 0 Å². The van der Waals surface area contributed by atoms with E-state index in [1.165, 1.54) is 13.8 Å². The third-order valence-corrected chi connectivity index (χ3v) is 7.00. The van der Waals surface area contributed by atoms with E-state index < -0.39 is 45.5 Å². The summed E-state index contributed by atoms with van der Waals surface area (Å²) in [6, 6.07) is 13.2. The van der Waals surface area contributed by atoms with Crippen LogP contribution < -0.4 is 20.5 Å². The van der Waals surface area contributed by atoms with Crippen molar-refractivity contribution in [3.05, 3.63) is 75.5 Å². The van der Waals surface area contributed by atoms with Crippen LogP contribution in [0, 0.1) is 10.4 Å². The molecule has 2 rings (SSSR count). The Kier molecular flexibility index (Phi) is 28.8. The first kappa shape index (κ1) is 47.0. The molecule has 0 saturated heterocycles. The number of terminal acetylenes is 1. The number of hydrogen-bond acceptors (Lipinski definition) is 11. The standard InChI is InChI=1S/C14H16FNO5.C12H15NO4.C6H7I.C5H10O2/c1-10(17)20-9-11-2-4-12(5-3-11)21-14(19)6-7-16-13(18)8-15;1-9(14)16-8-10-2-4-11(5-3-10)17-12(15)6-7-13;1-4-6(3)7-5-2;1-2-3-4-5(6)7/h2-5H,6-9H2,1H3,(H,16,18);2-5H,6-8,13H2,1H3;2,7H,1H2,3H3;2-4H2,1H3,(H,6,7)/i;;7T;. The van der Waals surface area contributed by atoms with Gasteiger partial charge in [-0.15, -0.1) is 0 Å². The van der Waals surface area contributed by atoms with E-state index in [1.54, 1.807) is 48.5 Å². The van der Waals surface area contributed by atoms with Crippen LogP contribution in [0.5, 0.6) is 11.5 Å². The molecular weight excluding hydrogens is 794 g/mol. The van der Waals surface area contributed by atoms with E-state index >= 15 is 0 Å². The van der Waals surface area contributed by atoms with Crippen LogP contribution in [-0.2, 0) is 51.5 Å². The van der Waals surface area contributed by atoms with Gasteiger partial charge in [-0.05, 0) is 41.8 Å². The summed E-state index contributed by atoms with van der Waals surface area (Å²) in [5, 5.41) is 10.3. The minimum absolute atomic E-state index is 0.0200. The average molecular weight is 845 g/mol. The number of amides is 1. The SMILES string of the molecule is CC(=O)OCc1ccc(OC(=O)CCN)cc1.CC(=O)OCc1ccc(OC(=O)CCNC(=O)CF)cc1.CCCCC(=O)O.[3H]I(C#C)C(C)=C=C. The van der Waals surface area contributed by atoms with E-state index in [0.717, 1.165) is 27.5 Å². The molecule has 2 aromatic carbocycles. The van der Waals surface area contributed by atoms with Crippen molar-refractivity contribution in [2.75, 3.05) is 19.8 Å². The van der Waals surface area contributed by atoms with Crippen LogP contribution in [0.1, 0.15) is 70.9 Å². The molecule has 0 spiro atoms. The van der Waals surface area contributed by atoms with Gasteiger partial charge in [-0.2, -0.15) is 0 Å². The van der Waals surface area contributed by atoms with Crippen molar-refractivity contribution in [2.45, 2.75) is 73.0 Å². The van der Waals surface area contributed by atoms with Crippen LogP contribution >= 0.6 is 21.0 Å². The van der Waals surface area contributed by atoms with Crippen LogP contribution in [0.3, 0.4) is 0 Å². The van der Waals surface area contributed by atoms with E-state index in [-0.39, 0.29) is 57.1 Å². The van der Waals surface area contributed by atoms with Crippen molar-refractivity contribution < 1.29 is 57.2 Å². The summed E-state index contributed by atoms with van der Waals surface area (Å²) in [5.41, 5.74) is 9.44. The predicted octanol–water partition coefficient (Wildman–Crippen LogP) is 5.36. The van der Waals surface area contributed by atoms with Gasteiger partial charge in [0.1, 0.15) is 24.7 Å². The van der Waals surface area contributed by atoms with Crippen molar-refractivity contribution in [1.82, 2.24) is 5.32 Å². The number of rotatable bonds is 16. The molecule has 0 heterocycles. The Balaban J connectivity index is 0. The number of unbranched alkanes of at least 4 members (excludes halogenated alkanes) is 1. The molecule has 1 amide bonds. The maximum atomic E-state index is 11.8. The summed E-state index contributed by atoms with van der Waals surface area (Å²) in [6.07, 6.45) is 7.21. The Bertz CT molecular complexity index is 1520. The number of hydrogen-bond donors (Lipinski definition) is 3. The maximum absolute atomic E-state index is 11.8. The van der Waals surface area contributed by atoms with Gasteiger partial charge in [0.25, 0.3) is 5.91 Å². The number of ether oxygens (including phenoxy) is 4. The molecule has 15 heteroatoms. The Morgan fingerprint density at radius 2 is 1.35 bits per heavy atom. The molecule has 0 radical (unpaired) electrons. The van der Waals surface area contributed by atoms with Crippen molar-refractivity contribution in [3.8, 4) is 21.8 Å². The number of esters is 4. The number of halogens is 2. The van der Waals surface area contributed by atoms with Gasteiger partial charge >= 0.3 is 84.6 Å². The third-order valence-electron chi connectivity index (χ3n) is 5.50. The first-order valence-electron chi connectivity index (χ1n) is 16.1. The van der Waals surface area contributed by atoms with Gasteiger partial charge in [-0.1, -0.05) is 37.6 Å². The second-order valence-electron chi connectivity index (χ2n) is 9.98. The van der Waals surface area contributed by atoms with E-state index in [4.69, 9.17) is 36.8 Å². The summed E-state index contributed by atoms with van der Waals surface area (Å²) >= 11 is -1.91. The number of nitrogens with two attached hydrogens (primary N) is 1. The number of nitrogens with one attached hydrogen (secondary N) is 1. The van der Waals surface area contributed by atoms with E-state index in [2.05, 4.69) is 21.6 Å². The molecule has 0 bridgehead atoms. The zero-order valence-electron chi connectivity index (χ0n) is 30.8. The number of carbonyl (C=O) groups excluding carboxylic acids is 5. The van der Waals surface area contributed by atoms with Gasteiger partial charge in [-0.25, -0.2) is 4.39 Å². The third kappa shape index (κ3) is 31.0. The van der Waals surface area contributed by atoms with E-state index in [9.17, 15) is 33.2 Å². The molecule has 0 atom stereocenters. The summed E-state index contributed by atoms with van der Waals surface area (Å²) in [5.74, 6) is -2.27. The molecule has 0 unspecified atom stereocenters. The van der Waals surface area contributed by atoms with Gasteiger partial charge in [0.15, 0.2) is 6.67 Å². The van der Waals surface area contributed by atoms with Crippen LogP contribution in [-0.4, -0.2) is 61.2 Å². The number of benzene rings is 2. The first-order valence-corrected chi connectivity index (χ1v) is 17.9. The van der Waals surface area contributed by atoms with Gasteiger partial charge < -0.3 is 35.1 Å². The molecule has 0 aliphatic heterocycles. The Labute approximate surface area is 314 Å². The minimum atomic E-state index is -1.91. The fraction of sp³-hybridized carbons (Fsp3) is 0.378. The molecule has 0 aliphatic carbocycles. The van der Waals surface area contributed by atoms with Gasteiger partial charge in [0, 0.05) is 33.4 Å². The number of carboxylic acids is 1. The Morgan fingerprint density at radius 3 is 1.65 bits per heavy atom. The number of carboxylic acid groups (broad SMARTS) is 1. The number of allylic oxidation sites excluding steroid dienone is 1. The molecule has 286 valence electrons. The van der Waals surface area contributed by atoms with Gasteiger partial charge in [-0.3, -0.25) is 28.8 Å². The van der Waals surface area contributed by atoms with E-state index in [1.807, 2.05) is 13.8 Å². The summed E-state index contributed by atoms with van der Waals surface area (Å²) < 4.78 is 42.0. The average Bonchev–Trinajstić information content (AvgIpc) is 3.13. The first-order chi connectivity index (χ1) is 25.1. The molecule has 0 aliphatic rings. The van der Waals surface area contributed by atoms with Crippen molar-refractivity contribution in [2.24, 2.45) is 5.73 Å². The van der Waals surface area contributed by atoms with Gasteiger partial charge in [0.2, 0.25) is 0 Å². The molecule has 0 fully saturated rings. The fourth-order valence-electron chi connectivity index (χ4n) is 2.95. The predicted molar refractivity (Wildman–Crippen MR) is 202 cm³/mol. The summed E-state index contributed by atoms with van der Waals surface area (Å²) in [6.45, 7) is 9.39. The van der Waals surface area contributed by atoms with E-state index in [0.29, 0.717) is 17.9 Å². The van der Waals surface area contributed by atoms with Crippen molar-refractivity contribution >= 4 is 56.8 Å². The quantitative estimate of drug-likeness (QED) is 0.0644. The van der Waals surface area contributed by atoms with Crippen LogP contribution in [0.15, 0.2) is 64.4 Å². The molecule has 2 aromatic rings. The zero-order valence-corrected chi connectivity index (χ0v) is 32.0. The zero-order chi connectivity index (χ0) is 40.6. The van der Waals surface area contributed by atoms with Crippen LogP contribution in [0.4, 0.5) is 4.39 Å². The fourth-order valence-corrected chi connectivity index (χ4v) is 3.61. The Hall–Kier alpha value is -5.04. The number of alkyl halides is 1. The normalized spacial score (nSPS) is 9.71. The molecule has 52 heavy (non-hydrogen) atoms. The van der Waals surface area contributed by atoms with Crippen LogP contribution in [0.2, 0.25) is 0 Å². The van der Waals surface area contributed by atoms with Crippen molar-refractivity contribution in [1.29, 1.82) is 0.594 Å². The molecule has 4 N–H and O–H groups in total. The molecular formula is C37H48FIN2O11. The topological polar surface area (TPSA) is 198 Å². The molecule has 0 aromatic heterocycles. The second kappa shape index (κ2) is 31.9. The van der Waals surface area contributed by atoms with Crippen molar-refractivity contribution in [3.63, 3.8) is 0 Å². The number of carbonyl (C=O) groups is 6. The monoisotopic (exact) mass is 844 g/mol. The van der Waals surface area contributed by atoms with Gasteiger partial charge in [0.05, 0.1) is 12.8 Å². The molecule has 13 nitrogen and oxygen atoms in total. The summed E-state index contributed by atoms with van der Waals surface area (Å²) in [4.78, 5) is 64.2. The number of aliphatic carboxylic acids is 1. The second-order valence-corrected chi connectivity index (χ2v) is 12.8. The Morgan fingerprint density at radius 1 is 0.885 bits per heavy atom. The summed E-state index contributed by atoms with van der Waals surface area (Å²) in [7, 11) is 0. The molecule has 0 saturated carbocycles.